The fraction of sp³-hybridized carbons (Fsp3) is 0.333. The Hall–Kier alpha value is -2.32. The van der Waals surface area contributed by atoms with E-state index in [0.717, 1.165) is 4.90 Å². The van der Waals surface area contributed by atoms with Crippen LogP contribution in [0.25, 0.3) is 0 Å². The normalized spacial score (nSPS) is 13.6. The van der Waals surface area contributed by atoms with Crippen molar-refractivity contribution in [2.24, 2.45) is 0 Å². The van der Waals surface area contributed by atoms with Crippen molar-refractivity contribution in [1.29, 1.82) is 0 Å². The number of ether oxygens (including phenoxy) is 1. The molecule has 1 heterocycles. The van der Waals surface area contributed by atoms with Crippen LogP contribution in [0.5, 0.6) is 0 Å². The standard InChI is InChI=1S/C15H15Cl2N3O5/c16-9-3-4-11(10(17)6-9)19-12(21)8-25-14(23)2-1-5-20-13(22)7-18-15(20)24/h3-4,6H,1-2,5,7-8H2,(H,18,24)(H,19,21). The third-order valence-corrected chi connectivity index (χ3v) is 3.82. The quantitative estimate of drug-likeness (QED) is 0.548. The maximum atomic E-state index is 11.7. The Bertz CT molecular complexity index is 694. The number of urea groups is 1. The monoisotopic (exact) mass is 387 g/mol. The van der Waals surface area contributed by atoms with E-state index in [1.54, 1.807) is 6.07 Å². The maximum absolute atomic E-state index is 11.7. The molecule has 1 aliphatic rings. The van der Waals surface area contributed by atoms with Gasteiger partial charge < -0.3 is 15.4 Å². The Morgan fingerprint density at radius 2 is 2.04 bits per heavy atom. The second-order valence-corrected chi connectivity index (χ2v) is 5.98. The summed E-state index contributed by atoms with van der Waals surface area (Å²) < 4.78 is 4.83. The van der Waals surface area contributed by atoms with Crippen molar-refractivity contribution in [3.8, 4) is 0 Å². The molecule has 1 aromatic rings. The minimum absolute atomic E-state index is 0.0218. The molecule has 1 aromatic carbocycles. The molecule has 0 aliphatic carbocycles. The zero-order valence-electron chi connectivity index (χ0n) is 13.0. The number of amides is 4. The molecule has 1 saturated heterocycles. The van der Waals surface area contributed by atoms with Gasteiger partial charge in [0.15, 0.2) is 6.61 Å². The molecule has 2 rings (SSSR count). The summed E-state index contributed by atoms with van der Waals surface area (Å²) in [5, 5.41) is 5.57. The van der Waals surface area contributed by atoms with E-state index in [-0.39, 0.29) is 36.9 Å². The van der Waals surface area contributed by atoms with Gasteiger partial charge in [0.2, 0.25) is 5.91 Å². The number of rotatable bonds is 7. The van der Waals surface area contributed by atoms with Crippen molar-refractivity contribution in [3.05, 3.63) is 28.2 Å². The largest absolute Gasteiger partial charge is 0.456 e. The van der Waals surface area contributed by atoms with Crippen LogP contribution in [-0.2, 0) is 19.1 Å². The predicted molar refractivity (Wildman–Crippen MR) is 90.4 cm³/mol. The number of halogens is 2. The molecule has 8 nitrogen and oxygen atoms in total. The lowest BCUT2D eigenvalue weighted by Crippen LogP contribution is -2.32. The average Bonchev–Trinajstić information content (AvgIpc) is 2.87. The van der Waals surface area contributed by atoms with Gasteiger partial charge in [-0.2, -0.15) is 0 Å². The highest BCUT2D eigenvalue weighted by atomic mass is 35.5. The Labute approximate surface area is 153 Å². The molecule has 0 atom stereocenters. The average molecular weight is 388 g/mol. The Balaban J connectivity index is 1.68. The number of anilines is 1. The van der Waals surface area contributed by atoms with E-state index in [1.807, 2.05) is 0 Å². The molecular weight excluding hydrogens is 373 g/mol. The highest BCUT2D eigenvalue weighted by molar-refractivity contribution is 6.36. The van der Waals surface area contributed by atoms with Gasteiger partial charge >= 0.3 is 12.0 Å². The summed E-state index contributed by atoms with van der Waals surface area (Å²) in [6.07, 6.45) is 0.231. The molecule has 1 fully saturated rings. The fourth-order valence-corrected chi connectivity index (χ4v) is 2.51. The van der Waals surface area contributed by atoms with Crippen molar-refractivity contribution < 1.29 is 23.9 Å². The number of nitrogens with one attached hydrogen (secondary N) is 2. The minimum atomic E-state index is -0.607. The van der Waals surface area contributed by atoms with Gasteiger partial charge in [-0.25, -0.2) is 4.79 Å². The molecular formula is C15H15Cl2N3O5. The second-order valence-electron chi connectivity index (χ2n) is 5.14. The van der Waals surface area contributed by atoms with Crippen LogP contribution in [0.2, 0.25) is 10.0 Å². The van der Waals surface area contributed by atoms with E-state index in [9.17, 15) is 19.2 Å². The van der Waals surface area contributed by atoms with E-state index in [4.69, 9.17) is 27.9 Å². The summed E-state index contributed by atoms with van der Waals surface area (Å²) in [5.74, 6) is -1.49. The first-order chi connectivity index (χ1) is 11.9. The van der Waals surface area contributed by atoms with Crippen LogP contribution in [-0.4, -0.2) is 48.4 Å². The van der Waals surface area contributed by atoms with Crippen LogP contribution in [0.15, 0.2) is 18.2 Å². The van der Waals surface area contributed by atoms with Gasteiger partial charge in [-0.1, -0.05) is 23.2 Å². The van der Waals surface area contributed by atoms with Crippen LogP contribution >= 0.6 is 23.2 Å². The topological polar surface area (TPSA) is 105 Å². The molecule has 0 aromatic heterocycles. The first kappa shape index (κ1) is 19.0. The zero-order valence-corrected chi connectivity index (χ0v) is 14.5. The predicted octanol–water partition coefficient (Wildman–Crippen LogP) is 1.81. The van der Waals surface area contributed by atoms with Gasteiger partial charge in [-0.15, -0.1) is 0 Å². The summed E-state index contributed by atoms with van der Waals surface area (Å²) in [5.41, 5.74) is 0.352. The van der Waals surface area contributed by atoms with Gasteiger partial charge in [0.25, 0.3) is 5.91 Å². The molecule has 4 amide bonds. The van der Waals surface area contributed by atoms with Crippen molar-refractivity contribution >= 4 is 52.7 Å². The lowest BCUT2D eigenvalue weighted by atomic mass is 10.3. The second kappa shape index (κ2) is 8.68. The molecule has 0 unspecified atom stereocenters. The number of nitrogens with zero attached hydrogens (tertiary/aromatic N) is 1. The van der Waals surface area contributed by atoms with E-state index in [2.05, 4.69) is 10.6 Å². The molecule has 0 bridgehead atoms. The summed E-state index contributed by atoms with van der Waals surface area (Å²) in [6, 6.07) is 4.09. The first-order valence-electron chi connectivity index (χ1n) is 7.35. The summed E-state index contributed by atoms with van der Waals surface area (Å²) in [4.78, 5) is 47.0. The molecule has 0 saturated carbocycles. The smallest absolute Gasteiger partial charge is 0.324 e. The van der Waals surface area contributed by atoms with E-state index >= 15 is 0 Å². The van der Waals surface area contributed by atoms with Gasteiger partial charge in [0, 0.05) is 18.0 Å². The number of carbonyl (C=O) groups is 4. The fourth-order valence-electron chi connectivity index (χ4n) is 2.06. The molecule has 10 heteroatoms. The van der Waals surface area contributed by atoms with Crippen LogP contribution in [0.1, 0.15) is 12.8 Å². The van der Waals surface area contributed by atoms with Gasteiger partial charge in [0.1, 0.15) is 0 Å². The van der Waals surface area contributed by atoms with Crippen LogP contribution < -0.4 is 10.6 Å². The van der Waals surface area contributed by atoms with Gasteiger partial charge in [-0.3, -0.25) is 19.3 Å². The molecule has 2 N–H and O–H groups in total. The van der Waals surface area contributed by atoms with Crippen LogP contribution in [0, 0.1) is 0 Å². The Morgan fingerprint density at radius 3 is 2.68 bits per heavy atom. The summed E-state index contributed by atoms with van der Waals surface area (Å²) in [7, 11) is 0. The SMILES string of the molecule is O=C(COC(=O)CCCN1C(=O)CNC1=O)Nc1ccc(Cl)cc1Cl. The van der Waals surface area contributed by atoms with E-state index in [0.29, 0.717) is 10.7 Å². The lowest BCUT2D eigenvalue weighted by Gasteiger charge is -2.11. The van der Waals surface area contributed by atoms with Crippen molar-refractivity contribution in [2.75, 3.05) is 25.0 Å². The van der Waals surface area contributed by atoms with Crippen LogP contribution in [0.4, 0.5) is 10.5 Å². The zero-order chi connectivity index (χ0) is 18.4. The number of carbonyl (C=O) groups excluding carboxylic acids is 4. The molecule has 1 aliphatic heterocycles. The third-order valence-electron chi connectivity index (χ3n) is 3.27. The highest BCUT2D eigenvalue weighted by Gasteiger charge is 2.27. The number of hydrogen-bond acceptors (Lipinski definition) is 5. The molecule has 0 spiro atoms. The minimum Gasteiger partial charge on any atom is -0.456 e. The number of benzene rings is 1. The van der Waals surface area contributed by atoms with Crippen molar-refractivity contribution in [3.63, 3.8) is 0 Å². The van der Waals surface area contributed by atoms with Crippen molar-refractivity contribution in [2.45, 2.75) is 12.8 Å². The van der Waals surface area contributed by atoms with Gasteiger partial charge in [0.05, 0.1) is 17.3 Å². The molecule has 0 radical (unpaired) electrons. The number of hydrogen-bond donors (Lipinski definition) is 2. The number of imide groups is 1. The summed E-state index contributed by atoms with van der Waals surface area (Å²) >= 11 is 11.7. The highest BCUT2D eigenvalue weighted by Crippen LogP contribution is 2.25. The lowest BCUT2D eigenvalue weighted by molar-refractivity contribution is -0.147. The Morgan fingerprint density at radius 1 is 1.28 bits per heavy atom. The molecule has 134 valence electrons. The van der Waals surface area contributed by atoms with E-state index < -0.39 is 24.5 Å². The third kappa shape index (κ3) is 5.61. The van der Waals surface area contributed by atoms with E-state index in [1.165, 1.54) is 12.1 Å². The summed E-state index contributed by atoms with van der Waals surface area (Å²) in [6.45, 7) is -0.385. The van der Waals surface area contributed by atoms with Crippen molar-refractivity contribution in [1.82, 2.24) is 10.2 Å². The Kier molecular flexibility index (Phi) is 6.60. The maximum Gasteiger partial charge on any atom is 0.324 e. The molecule has 25 heavy (non-hydrogen) atoms. The van der Waals surface area contributed by atoms with Crippen LogP contribution in [0.3, 0.4) is 0 Å². The number of esters is 1. The van der Waals surface area contributed by atoms with Gasteiger partial charge in [-0.05, 0) is 24.6 Å². The first-order valence-corrected chi connectivity index (χ1v) is 8.11.